The van der Waals surface area contributed by atoms with E-state index >= 15 is 0 Å². The molecule has 1 aromatic carbocycles. The van der Waals surface area contributed by atoms with Crippen LogP contribution in [0.1, 0.15) is 20.8 Å². The fourth-order valence-corrected chi connectivity index (χ4v) is 2.45. The Morgan fingerprint density at radius 3 is 2.61 bits per heavy atom. The van der Waals surface area contributed by atoms with Crippen LogP contribution in [0.4, 0.5) is 5.69 Å². The Labute approximate surface area is 122 Å². The molecule has 0 amide bonds. The molecule has 0 fully saturated rings. The molecule has 0 saturated carbocycles. The van der Waals surface area contributed by atoms with Crippen molar-refractivity contribution in [3.8, 4) is 5.75 Å². The summed E-state index contributed by atoms with van der Waals surface area (Å²) in [6, 6.07) is 3.83. The average Bonchev–Trinajstić information content (AvgIpc) is 2.32. The molecule has 0 aliphatic heterocycles. The molecule has 102 valence electrons. The largest absolute Gasteiger partial charge is 0.491 e. The summed E-state index contributed by atoms with van der Waals surface area (Å²) in [7, 11) is 1.69. The van der Waals surface area contributed by atoms with Crippen LogP contribution in [-0.2, 0) is 4.74 Å². The van der Waals surface area contributed by atoms with Crippen molar-refractivity contribution in [1.82, 2.24) is 0 Å². The van der Waals surface area contributed by atoms with Gasteiger partial charge >= 0.3 is 0 Å². The molecule has 2 unspecified atom stereocenters. The van der Waals surface area contributed by atoms with Crippen molar-refractivity contribution < 1.29 is 9.47 Å². The Morgan fingerprint density at radius 2 is 2.06 bits per heavy atom. The van der Waals surface area contributed by atoms with E-state index in [-0.39, 0.29) is 12.1 Å². The predicted octanol–water partition coefficient (Wildman–Crippen LogP) is 4.34. The molecule has 0 radical (unpaired) electrons. The Morgan fingerprint density at radius 1 is 1.39 bits per heavy atom. The molecule has 5 heteroatoms. The molecule has 18 heavy (non-hydrogen) atoms. The number of benzene rings is 1. The van der Waals surface area contributed by atoms with Gasteiger partial charge in [0.15, 0.2) is 5.75 Å². The Balaban J connectivity index is 2.98. The van der Waals surface area contributed by atoms with Crippen molar-refractivity contribution in [3.63, 3.8) is 0 Å². The first-order chi connectivity index (χ1) is 8.49. The molecular formula is C13H19BrClNO2. The van der Waals surface area contributed by atoms with Gasteiger partial charge in [0.1, 0.15) is 0 Å². The van der Waals surface area contributed by atoms with Crippen LogP contribution in [0.25, 0.3) is 0 Å². The number of hydrogen-bond acceptors (Lipinski definition) is 3. The Kier molecular flexibility index (Phi) is 6.26. The van der Waals surface area contributed by atoms with E-state index in [2.05, 4.69) is 28.2 Å². The molecule has 0 heterocycles. The van der Waals surface area contributed by atoms with Gasteiger partial charge in [-0.3, -0.25) is 0 Å². The first kappa shape index (κ1) is 15.6. The van der Waals surface area contributed by atoms with Crippen LogP contribution in [0.3, 0.4) is 0 Å². The van der Waals surface area contributed by atoms with Gasteiger partial charge in [0.05, 0.1) is 22.9 Å². The highest BCUT2D eigenvalue weighted by molar-refractivity contribution is 9.10. The van der Waals surface area contributed by atoms with E-state index in [4.69, 9.17) is 21.1 Å². The minimum atomic E-state index is 0.0947. The summed E-state index contributed by atoms with van der Waals surface area (Å²) in [5.74, 6) is 0.775. The quantitative estimate of drug-likeness (QED) is 0.838. The molecule has 0 spiro atoms. The second kappa shape index (κ2) is 7.22. The Bertz CT molecular complexity index is 401. The van der Waals surface area contributed by atoms with Crippen LogP contribution in [-0.4, -0.2) is 25.9 Å². The monoisotopic (exact) mass is 335 g/mol. The first-order valence-electron chi connectivity index (χ1n) is 5.90. The zero-order valence-electron chi connectivity index (χ0n) is 11.1. The van der Waals surface area contributed by atoms with Gasteiger partial charge in [-0.05, 0) is 48.8 Å². The summed E-state index contributed by atoms with van der Waals surface area (Å²) in [4.78, 5) is 0. The van der Waals surface area contributed by atoms with Crippen LogP contribution in [0.15, 0.2) is 16.6 Å². The third-order valence-corrected chi connectivity index (χ3v) is 3.56. The van der Waals surface area contributed by atoms with Crippen LogP contribution in [0.5, 0.6) is 5.75 Å². The fraction of sp³-hybridized carbons (Fsp3) is 0.538. The maximum absolute atomic E-state index is 6.06. The predicted molar refractivity (Wildman–Crippen MR) is 79.9 cm³/mol. The maximum Gasteiger partial charge on any atom is 0.156 e. The zero-order valence-corrected chi connectivity index (χ0v) is 13.4. The summed E-state index contributed by atoms with van der Waals surface area (Å²) in [5, 5.41) is 4.02. The molecule has 1 aromatic rings. The van der Waals surface area contributed by atoms with E-state index < -0.39 is 0 Å². The van der Waals surface area contributed by atoms with E-state index in [9.17, 15) is 0 Å². The van der Waals surface area contributed by atoms with Gasteiger partial charge in [-0.2, -0.15) is 0 Å². The van der Waals surface area contributed by atoms with Gasteiger partial charge in [0.2, 0.25) is 0 Å². The van der Waals surface area contributed by atoms with Crippen molar-refractivity contribution in [2.45, 2.75) is 32.9 Å². The lowest BCUT2D eigenvalue weighted by Crippen LogP contribution is -2.29. The number of anilines is 1. The molecule has 0 aliphatic rings. The van der Waals surface area contributed by atoms with Crippen LogP contribution < -0.4 is 10.1 Å². The van der Waals surface area contributed by atoms with Crippen molar-refractivity contribution >= 4 is 33.2 Å². The normalized spacial score (nSPS) is 14.1. The number of methoxy groups -OCH3 is 1. The van der Waals surface area contributed by atoms with Gasteiger partial charge in [0.25, 0.3) is 0 Å². The standard InChI is InChI=1S/C13H19BrClNO2/c1-5-18-13-11(14)6-10(15)7-12(13)16-8(2)9(3)17-4/h6-9,16H,5H2,1-4H3. The SMILES string of the molecule is CCOc1c(Br)cc(Cl)cc1NC(C)C(C)OC. The van der Waals surface area contributed by atoms with Crippen molar-refractivity contribution in [2.75, 3.05) is 19.0 Å². The third kappa shape index (κ3) is 4.04. The van der Waals surface area contributed by atoms with Crippen molar-refractivity contribution in [2.24, 2.45) is 0 Å². The molecule has 1 N–H and O–H groups in total. The van der Waals surface area contributed by atoms with Crippen molar-refractivity contribution in [3.05, 3.63) is 21.6 Å². The number of halogens is 2. The zero-order chi connectivity index (χ0) is 13.7. The van der Waals surface area contributed by atoms with E-state index in [1.807, 2.05) is 26.0 Å². The van der Waals surface area contributed by atoms with Crippen LogP contribution in [0.2, 0.25) is 5.02 Å². The number of rotatable bonds is 6. The van der Waals surface area contributed by atoms with Crippen LogP contribution in [0, 0.1) is 0 Å². The lowest BCUT2D eigenvalue weighted by Gasteiger charge is -2.23. The van der Waals surface area contributed by atoms with E-state index in [0.717, 1.165) is 15.9 Å². The van der Waals surface area contributed by atoms with Crippen LogP contribution >= 0.6 is 27.5 Å². The molecule has 0 aliphatic carbocycles. The lowest BCUT2D eigenvalue weighted by molar-refractivity contribution is 0.106. The maximum atomic E-state index is 6.06. The summed E-state index contributed by atoms with van der Waals surface area (Å²) in [5.41, 5.74) is 0.868. The van der Waals surface area contributed by atoms with Crippen molar-refractivity contribution in [1.29, 1.82) is 0 Å². The van der Waals surface area contributed by atoms with E-state index in [0.29, 0.717) is 11.6 Å². The third-order valence-electron chi connectivity index (χ3n) is 2.76. The molecule has 0 aromatic heterocycles. The highest BCUT2D eigenvalue weighted by Gasteiger charge is 2.16. The number of ether oxygens (including phenoxy) is 2. The molecule has 0 bridgehead atoms. The summed E-state index contributed by atoms with van der Waals surface area (Å²) in [6.07, 6.45) is 0.0947. The summed E-state index contributed by atoms with van der Waals surface area (Å²) < 4.78 is 11.8. The topological polar surface area (TPSA) is 30.5 Å². The second-order valence-electron chi connectivity index (χ2n) is 4.07. The lowest BCUT2D eigenvalue weighted by atomic mass is 10.2. The van der Waals surface area contributed by atoms with Gasteiger partial charge < -0.3 is 14.8 Å². The van der Waals surface area contributed by atoms with Gasteiger partial charge in [-0.15, -0.1) is 0 Å². The summed E-state index contributed by atoms with van der Waals surface area (Å²) >= 11 is 9.52. The van der Waals surface area contributed by atoms with Gasteiger partial charge in [0, 0.05) is 18.2 Å². The molecule has 0 saturated heterocycles. The second-order valence-corrected chi connectivity index (χ2v) is 5.36. The number of hydrogen-bond donors (Lipinski definition) is 1. The molecule has 3 nitrogen and oxygen atoms in total. The smallest absolute Gasteiger partial charge is 0.156 e. The van der Waals surface area contributed by atoms with E-state index in [1.54, 1.807) is 7.11 Å². The summed E-state index contributed by atoms with van der Waals surface area (Å²) in [6.45, 7) is 6.62. The first-order valence-corrected chi connectivity index (χ1v) is 7.07. The molecule has 2 atom stereocenters. The minimum absolute atomic E-state index is 0.0947. The van der Waals surface area contributed by atoms with Gasteiger partial charge in [-0.1, -0.05) is 11.6 Å². The molecular weight excluding hydrogens is 318 g/mol. The van der Waals surface area contributed by atoms with E-state index in [1.165, 1.54) is 0 Å². The highest BCUT2D eigenvalue weighted by Crippen LogP contribution is 2.37. The molecule has 1 rings (SSSR count). The minimum Gasteiger partial charge on any atom is -0.491 e. The Hall–Kier alpha value is -0.450. The fourth-order valence-electron chi connectivity index (χ4n) is 1.53. The number of nitrogens with one attached hydrogen (secondary N) is 1. The average molecular weight is 337 g/mol. The highest BCUT2D eigenvalue weighted by atomic mass is 79.9. The van der Waals surface area contributed by atoms with Gasteiger partial charge in [-0.25, -0.2) is 0 Å².